The number of hydrogen-bond acceptors (Lipinski definition) is 2. The number of nitrogens with one attached hydrogen (secondary N) is 1. The van der Waals surface area contributed by atoms with Gasteiger partial charge in [-0.15, -0.1) is 0 Å². The zero-order valence-electron chi connectivity index (χ0n) is 10.8. The molecule has 0 heterocycles. The van der Waals surface area contributed by atoms with E-state index < -0.39 is 0 Å². The van der Waals surface area contributed by atoms with E-state index in [1.54, 1.807) is 0 Å². The number of carbonyl (C=O) groups is 1. The molecule has 2 saturated carbocycles. The highest BCUT2D eigenvalue weighted by Crippen LogP contribution is 2.30. The molecule has 3 nitrogen and oxygen atoms in total. The molecule has 2 aliphatic carbocycles. The Morgan fingerprint density at radius 2 is 1.88 bits per heavy atom. The topological polar surface area (TPSA) is 49.3 Å². The molecule has 0 aromatic rings. The minimum atomic E-state index is 0.215. The highest BCUT2D eigenvalue weighted by molar-refractivity contribution is 5.79. The van der Waals surface area contributed by atoms with Gasteiger partial charge >= 0.3 is 0 Å². The summed E-state index contributed by atoms with van der Waals surface area (Å²) in [4.78, 5) is 12.1. The first-order valence-corrected chi connectivity index (χ1v) is 7.12. The predicted octanol–water partition coefficient (Wildman–Crippen LogP) is 2.09. The van der Waals surface area contributed by atoms with Crippen molar-refractivity contribution >= 4 is 5.91 Å². The van der Waals surface area contributed by atoms with E-state index in [0.29, 0.717) is 5.92 Å². The molecule has 2 rings (SSSR count). The molecule has 0 bridgehead atoms. The fourth-order valence-electron chi connectivity index (χ4n) is 3.27. The number of rotatable bonds is 3. The lowest BCUT2D eigenvalue weighted by Crippen LogP contribution is -2.42. The van der Waals surface area contributed by atoms with Crippen LogP contribution in [-0.4, -0.2) is 23.7 Å². The zero-order valence-corrected chi connectivity index (χ0v) is 10.8. The Balaban J connectivity index is 1.80. The second-order valence-electron chi connectivity index (χ2n) is 5.95. The largest absolute Gasteiger partial charge is 0.396 e. The van der Waals surface area contributed by atoms with Gasteiger partial charge in [-0.2, -0.15) is 0 Å². The van der Waals surface area contributed by atoms with Gasteiger partial charge < -0.3 is 10.4 Å². The van der Waals surface area contributed by atoms with E-state index in [9.17, 15) is 9.90 Å². The van der Waals surface area contributed by atoms with Gasteiger partial charge in [0.2, 0.25) is 5.91 Å². The molecule has 17 heavy (non-hydrogen) atoms. The molecule has 0 spiro atoms. The van der Waals surface area contributed by atoms with Crippen LogP contribution in [0.25, 0.3) is 0 Å². The summed E-state index contributed by atoms with van der Waals surface area (Å²) in [6.45, 7) is 2.49. The fraction of sp³-hybridized carbons (Fsp3) is 0.929. The van der Waals surface area contributed by atoms with E-state index in [1.807, 2.05) is 0 Å². The standard InChI is InChI=1S/C14H25NO2/c1-10-5-7-11(8-6-10)14(17)15-13-4-2-3-12(13)9-16/h10-13,16H,2-9H2,1H3,(H,15,17). The van der Waals surface area contributed by atoms with Crippen LogP contribution in [-0.2, 0) is 4.79 Å². The van der Waals surface area contributed by atoms with Gasteiger partial charge in [0.05, 0.1) is 0 Å². The Morgan fingerprint density at radius 1 is 1.18 bits per heavy atom. The van der Waals surface area contributed by atoms with Crippen LogP contribution in [0.2, 0.25) is 0 Å². The molecule has 0 radical (unpaired) electrons. The Bertz CT molecular complexity index is 259. The highest BCUT2D eigenvalue weighted by atomic mass is 16.3. The van der Waals surface area contributed by atoms with Crippen LogP contribution in [0.1, 0.15) is 51.9 Å². The average Bonchev–Trinajstić information content (AvgIpc) is 2.77. The minimum absolute atomic E-state index is 0.215. The lowest BCUT2D eigenvalue weighted by atomic mass is 9.82. The van der Waals surface area contributed by atoms with Crippen LogP contribution >= 0.6 is 0 Å². The van der Waals surface area contributed by atoms with E-state index in [-0.39, 0.29) is 24.5 Å². The second-order valence-corrected chi connectivity index (χ2v) is 5.95. The summed E-state index contributed by atoms with van der Waals surface area (Å²) in [6, 6.07) is 0.229. The summed E-state index contributed by atoms with van der Waals surface area (Å²) >= 11 is 0. The Morgan fingerprint density at radius 3 is 2.53 bits per heavy atom. The van der Waals surface area contributed by atoms with Gasteiger partial charge in [0, 0.05) is 24.5 Å². The molecule has 2 unspecified atom stereocenters. The Kier molecular flexibility index (Phi) is 4.43. The van der Waals surface area contributed by atoms with Crippen molar-refractivity contribution in [1.82, 2.24) is 5.32 Å². The maximum atomic E-state index is 12.1. The van der Waals surface area contributed by atoms with Crippen LogP contribution in [0.15, 0.2) is 0 Å². The Hall–Kier alpha value is -0.570. The van der Waals surface area contributed by atoms with Crippen LogP contribution < -0.4 is 5.32 Å². The SMILES string of the molecule is CC1CCC(C(=O)NC2CCCC2CO)CC1. The van der Waals surface area contributed by atoms with E-state index in [0.717, 1.165) is 38.0 Å². The van der Waals surface area contributed by atoms with Gasteiger partial charge in [-0.05, 0) is 44.4 Å². The first-order valence-electron chi connectivity index (χ1n) is 7.12. The van der Waals surface area contributed by atoms with E-state index in [4.69, 9.17) is 0 Å². The number of carbonyl (C=O) groups excluding carboxylic acids is 1. The quantitative estimate of drug-likeness (QED) is 0.792. The van der Waals surface area contributed by atoms with Crippen LogP contribution in [0.5, 0.6) is 0 Å². The van der Waals surface area contributed by atoms with Crippen molar-refractivity contribution in [1.29, 1.82) is 0 Å². The molecular weight excluding hydrogens is 214 g/mol. The molecule has 1 amide bonds. The average molecular weight is 239 g/mol. The van der Waals surface area contributed by atoms with Crippen molar-refractivity contribution in [2.45, 2.75) is 57.9 Å². The molecule has 2 N–H and O–H groups in total. The van der Waals surface area contributed by atoms with Gasteiger partial charge in [0.15, 0.2) is 0 Å². The van der Waals surface area contributed by atoms with Crippen molar-refractivity contribution in [3.05, 3.63) is 0 Å². The molecular formula is C14H25NO2. The molecule has 2 fully saturated rings. The second kappa shape index (κ2) is 5.85. The summed E-state index contributed by atoms with van der Waals surface area (Å²) < 4.78 is 0. The maximum absolute atomic E-state index is 12.1. The summed E-state index contributed by atoms with van der Waals surface area (Å²) in [7, 11) is 0. The highest BCUT2D eigenvalue weighted by Gasteiger charge is 2.31. The Labute approximate surface area is 104 Å². The number of amides is 1. The van der Waals surface area contributed by atoms with Crippen LogP contribution in [0, 0.1) is 17.8 Å². The van der Waals surface area contributed by atoms with Gasteiger partial charge in [0.1, 0.15) is 0 Å². The number of aliphatic hydroxyl groups excluding tert-OH is 1. The molecule has 0 aromatic heterocycles. The molecule has 2 aliphatic rings. The smallest absolute Gasteiger partial charge is 0.223 e. The van der Waals surface area contributed by atoms with Crippen molar-refractivity contribution in [3.8, 4) is 0 Å². The zero-order chi connectivity index (χ0) is 12.3. The van der Waals surface area contributed by atoms with Gasteiger partial charge in [0.25, 0.3) is 0 Å². The maximum Gasteiger partial charge on any atom is 0.223 e. The first kappa shape index (κ1) is 12.9. The van der Waals surface area contributed by atoms with Gasteiger partial charge in [-0.1, -0.05) is 13.3 Å². The third kappa shape index (κ3) is 3.21. The van der Waals surface area contributed by atoms with E-state index in [2.05, 4.69) is 12.2 Å². The molecule has 0 saturated heterocycles. The lowest BCUT2D eigenvalue weighted by molar-refractivity contribution is -0.127. The number of aliphatic hydroxyl groups is 1. The molecule has 3 heteroatoms. The molecule has 0 aromatic carbocycles. The summed E-state index contributed by atoms with van der Waals surface area (Å²) in [5, 5.41) is 12.4. The van der Waals surface area contributed by atoms with E-state index >= 15 is 0 Å². The third-order valence-corrected chi connectivity index (χ3v) is 4.61. The number of hydrogen-bond donors (Lipinski definition) is 2. The van der Waals surface area contributed by atoms with Crippen LogP contribution in [0.3, 0.4) is 0 Å². The summed E-state index contributed by atoms with van der Waals surface area (Å²) in [6.07, 6.45) is 7.70. The molecule has 0 aliphatic heterocycles. The van der Waals surface area contributed by atoms with Crippen molar-refractivity contribution in [2.24, 2.45) is 17.8 Å². The van der Waals surface area contributed by atoms with Crippen LogP contribution in [0.4, 0.5) is 0 Å². The minimum Gasteiger partial charge on any atom is -0.396 e. The fourth-order valence-corrected chi connectivity index (χ4v) is 3.27. The normalized spacial score (nSPS) is 38.0. The monoisotopic (exact) mass is 239 g/mol. The first-order chi connectivity index (χ1) is 8.20. The summed E-state index contributed by atoms with van der Waals surface area (Å²) in [5.74, 6) is 1.55. The third-order valence-electron chi connectivity index (χ3n) is 4.61. The lowest BCUT2D eigenvalue weighted by Gasteiger charge is -2.27. The van der Waals surface area contributed by atoms with Crippen molar-refractivity contribution in [3.63, 3.8) is 0 Å². The van der Waals surface area contributed by atoms with Crippen molar-refractivity contribution < 1.29 is 9.90 Å². The predicted molar refractivity (Wildman–Crippen MR) is 67.5 cm³/mol. The molecule has 2 atom stereocenters. The van der Waals surface area contributed by atoms with Crippen molar-refractivity contribution in [2.75, 3.05) is 6.61 Å². The molecule has 98 valence electrons. The summed E-state index contributed by atoms with van der Waals surface area (Å²) in [5.41, 5.74) is 0. The van der Waals surface area contributed by atoms with Gasteiger partial charge in [-0.3, -0.25) is 4.79 Å². The van der Waals surface area contributed by atoms with Gasteiger partial charge in [-0.25, -0.2) is 0 Å². The van der Waals surface area contributed by atoms with E-state index in [1.165, 1.54) is 12.8 Å².